The monoisotopic (exact) mass is 210 g/mol. The standard InChI is InChI=1S/C10H14N2OS/c1-7(13)3-4-9-8(2)11-10-12(9)5-6-14-10/h5-7,13H,3-4H2,1-2H3/t7-/m0/s1. The van der Waals surface area contributed by atoms with Crippen molar-refractivity contribution in [2.75, 3.05) is 0 Å². The van der Waals surface area contributed by atoms with E-state index in [9.17, 15) is 5.11 Å². The molecule has 0 saturated carbocycles. The molecule has 0 unspecified atom stereocenters. The van der Waals surface area contributed by atoms with Gasteiger partial charge in [-0.05, 0) is 26.7 Å². The van der Waals surface area contributed by atoms with Crippen molar-refractivity contribution in [2.45, 2.75) is 32.8 Å². The number of aryl methyl sites for hydroxylation is 2. The summed E-state index contributed by atoms with van der Waals surface area (Å²) in [7, 11) is 0. The van der Waals surface area contributed by atoms with Crippen LogP contribution in [0.15, 0.2) is 11.6 Å². The fourth-order valence-corrected chi connectivity index (χ4v) is 2.37. The Morgan fingerprint density at radius 2 is 2.43 bits per heavy atom. The number of fused-ring (bicyclic) bond motifs is 1. The zero-order valence-corrected chi connectivity index (χ0v) is 9.21. The number of aromatic nitrogens is 2. The molecule has 1 N–H and O–H groups in total. The van der Waals surface area contributed by atoms with Gasteiger partial charge < -0.3 is 5.11 Å². The molecule has 0 spiro atoms. The second-order valence-electron chi connectivity index (χ2n) is 3.59. The Kier molecular flexibility index (Phi) is 2.56. The number of aliphatic hydroxyl groups is 1. The SMILES string of the molecule is Cc1nc2sccn2c1CC[C@H](C)O. The van der Waals surface area contributed by atoms with Crippen LogP contribution in [0.1, 0.15) is 24.7 Å². The van der Waals surface area contributed by atoms with Gasteiger partial charge in [-0.3, -0.25) is 4.40 Å². The summed E-state index contributed by atoms with van der Waals surface area (Å²) in [4.78, 5) is 5.50. The molecule has 2 aromatic heterocycles. The van der Waals surface area contributed by atoms with E-state index in [2.05, 4.69) is 9.38 Å². The summed E-state index contributed by atoms with van der Waals surface area (Å²) in [5.74, 6) is 0. The Balaban J connectivity index is 2.29. The molecule has 0 aliphatic heterocycles. The van der Waals surface area contributed by atoms with Crippen LogP contribution in [0.25, 0.3) is 4.96 Å². The maximum absolute atomic E-state index is 9.24. The predicted octanol–water partition coefficient (Wildman–Crippen LogP) is 2.02. The van der Waals surface area contributed by atoms with Gasteiger partial charge in [-0.1, -0.05) is 0 Å². The Hall–Kier alpha value is -0.870. The third-order valence-corrected chi connectivity index (χ3v) is 3.12. The molecule has 2 rings (SSSR count). The molecule has 0 radical (unpaired) electrons. The Morgan fingerprint density at radius 3 is 3.14 bits per heavy atom. The zero-order chi connectivity index (χ0) is 10.1. The molecule has 0 fully saturated rings. The van der Waals surface area contributed by atoms with E-state index in [1.807, 2.05) is 25.4 Å². The van der Waals surface area contributed by atoms with Crippen LogP contribution in [-0.4, -0.2) is 20.6 Å². The minimum atomic E-state index is -0.237. The van der Waals surface area contributed by atoms with Gasteiger partial charge in [0.25, 0.3) is 0 Å². The number of imidazole rings is 1. The molecule has 2 aromatic rings. The topological polar surface area (TPSA) is 37.5 Å². The van der Waals surface area contributed by atoms with Crippen molar-refractivity contribution in [1.29, 1.82) is 0 Å². The summed E-state index contributed by atoms with van der Waals surface area (Å²) in [5.41, 5.74) is 2.31. The first-order valence-electron chi connectivity index (χ1n) is 4.77. The molecule has 0 amide bonds. The Morgan fingerprint density at radius 1 is 1.64 bits per heavy atom. The maximum atomic E-state index is 9.24. The third kappa shape index (κ3) is 1.67. The van der Waals surface area contributed by atoms with E-state index in [0.717, 1.165) is 23.5 Å². The van der Waals surface area contributed by atoms with Gasteiger partial charge in [0, 0.05) is 17.3 Å². The smallest absolute Gasteiger partial charge is 0.194 e. The van der Waals surface area contributed by atoms with E-state index in [0.29, 0.717) is 0 Å². The maximum Gasteiger partial charge on any atom is 0.194 e. The molecule has 0 aromatic carbocycles. The van der Waals surface area contributed by atoms with Crippen LogP contribution in [0.4, 0.5) is 0 Å². The number of hydrogen-bond acceptors (Lipinski definition) is 3. The number of thiazole rings is 1. The lowest BCUT2D eigenvalue weighted by Gasteiger charge is -2.03. The van der Waals surface area contributed by atoms with E-state index in [-0.39, 0.29) is 6.10 Å². The van der Waals surface area contributed by atoms with Crippen molar-refractivity contribution in [3.05, 3.63) is 23.0 Å². The van der Waals surface area contributed by atoms with Crippen LogP contribution < -0.4 is 0 Å². The van der Waals surface area contributed by atoms with Crippen molar-refractivity contribution in [3.63, 3.8) is 0 Å². The molecule has 3 nitrogen and oxygen atoms in total. The van der Waals surface area contributed by atoms with Gasteiger partial charge in [0.1, 0.15) is 0 Å². The van der Waals surface area contributed by atoms with E-state index in [1.54, 1.807) is 11.3 Å². The molecule has 0 bridgehead atoms. The average Bonchev–Trinajstić information content (AvgIpc) is 2.61. The van der Waals surface area contributed by atoms with E-state index >= 15 is 0 Å². The van der Waals surface area contributed by atoms with Gasteiger partial charge in [-0.15, -0.1) is 11.3 Å². The van der Waals surface area contributed by atoms with Crippen LogP contribution in [0, 0.1) is 6.92 Å². The third-order valence-electron chi connectivity index (χ3n) is 2.36. The number of rotatable bonds is 3. The van der Waals surface area contributed by atoms with Gasteiger partial charge in [-0.25, -0.2) is 4.98 Å². The van der Waals surface area contributed by atoms with E-state index < -0.39 is 0 Å². The summed E-state index contributed by atoms with van der Waals surface area (Å²) in [6.07, 6.45) is 3.49. The van der Waals surface area contributed by atoms with Gasteiger partial charge in [0.2, 0.25) is 0 Å². The van der Waals surface area contributed by atoms with Crippen molar-refractivity contribution >= 4 is 16.3 Å². The van der Waals surface area contributed by atoms with E-state index in [4.69, 9.17) is 0 Å². The summed E-state index contributed by atoms with van der Waals surface area (Å²) in [6.45, 7) is 3.85. The first-order valence-corrected chi connectivity index (χ1v) is 5.65. The fourth-order valence-electron chi connectivity index (χ4n) is 1.59. The van der Waals surface area contributed by atoms with Crippen molar-refractivity contribution in [2.24, 2.45) is 0 Å². The first kappa shape index (κ1) is 9.68. The molecule has 76 valence electrons. The molecule has 0 aliphatic carbocycles. The highest BCUT2D eigenvalue weighted by Crippen LogP contribution is 2.18. The lowest BCUT2D eigenvalue weighted by Crippen LogP contribution is -2.03. The summed E-state index contributed by atoms with van der Waals surface area (Å²) < 4.78 is 2.11. The Bertz CT molecular complexity index is 430. The van der Waals surface area contributed by atoms with Crippen molar-refractivity contribution in [3.8, 4) is 0 Å². The normalized spacial score (nSPS) is 13.6. The summed E-state index contributed by atoms with van der Waals surface area (Å²) in [6, 6.07) is 0. The second-order valence-corrected chi connectivity index (χ2v) is 4.46. The minimum absolute atomic E-state index is 0.237. The van der Waals surface area contributed by atoms with Crippen LogP contribution in [0.3, 0.4) is 0 Å². The number of hydrogen-bond donors (Lipinski definition) is 1. The van der Waals surface area contributed by atoms with Crippen molar-refractivity contribution < 1.29 is 5.11 Å². The van der Waals surface area contributed by atoms with Gasteiger partial charge in [-0.2, -0.15) is 0 Å². The largest absolute Gasteiger partial charge is 0.393 e. The summed E-state index contributed by atoms with van der Waals surface area (Å²) in [5, 5.41) is 11.3. The predicted molar refractivity (Wildman–Crippen MR) is 57.8 cm³/mol. The molecular formula is C10H14N2OS. The molecule has 0 aliphatic rings. The van der Waals surface area contributed by atoms with Crippen LogP contribution in [-0.2, 0) is 6.42 Å². The highest BCUT2D eigenvalue weighted by atomic mass is 32.1. The van der Waals surface area contributed by atoms with Crippen LogP contribution in [0.5, 0.6) is 0 Å². The molecular weight excluding hydrogens is 196 g/mol. The lowest BCUT2D eigenvalue weighted by molar-refractivity contribution is 0.184. The number of nitrogens with zero attached hydrogens (tertiary/aromatic N) is 2. The first-order chi connectivity index (χ1) is 6.68. The highest BCUT2D eigenvalue weighted by Gasteiger charge is 2.09. The average molecular weight is 210 g/mol. The quantitative estimate of drug-likeness (QED) is 0.841. The Labute approximate surface area is 87.0 Å². The van der Waals surface area contributed by atoms with Crippen LogP contribution >= 0.6 is 11.3 Å². The molecule has 2 heterocycles. The fraction of sp³-hybridized carbons (Fsp3) is 0.500. The van der Waals surface area contributed by atoms with Gasteiger partial charge in [0.15, 0.2) is 4.96 Å². The zero-order valence-electron chi connectivity index (χ0n) is 8.40. The molecule has 0 saturated heterocycles. The molecule has 14 heavy (non-hydrogen) atoms. The highest BCUT2D eigenvalue weighted by molar-refractivity contribution is 7.15. The second kappa shape index (κ2) is 3.71. The van der Waals surface area contributed by atoms with E-state index in [1.165, 1.54) is 5.69 Å². The van der Waals surface area contributed by atoms with Gasteiger partial charge in [0.05, 0.1) is 11.8 Å². The van der Waals surface area contributed by atoms with Crippen LogP contribution in [0.2, 0.25) is 0 Å². The van der Waals surface area contributed by atoms with Crippen molar-refractivity contribution in [1.82, 2.24) is 9.38 Å². The molecule has 1 atom stereocenters. The van der Waals surface area contributed by atoms with Gasteiger partial charge >= 0.3 is 0 Å². The lowest BCUT2D eigenvalue weighted by atomic mass is 10.1. The molecule has 4 heteroatoms. The number of aliphatic hydroxyl groups excluding tert-OH is 1. The minimum Gasteiger partial charge on any atom is -0.393 e. The summed E-state index contributed by atoms with van der Waals surface area (Å²) >= 11 is 1.65.